The van der Waals surface area contributed by atoms with Gasteiger partial charge in [-0.3, -0.25) is 4.79 Å². The van der Waals surface area contributed by atoms with Crippen molar-refractivity contribution in [2.24, 2.45) is 0 Å². The molecule has 0 heterocycles. The fourth-order valence-electron chi connectivity index (χ4n) is 2.26. The van der Waals surface area contributed by atoms with E-state index in [-0.39, 0.29) is 24.4 Å². The third kappa shape index (κ3) is 7.37. The predicted molar refractivity (Wildman–Crippen MR) is 110 cm³/mol. The Morgan fingerprint density at radius 2 is 1.57 bits per heavy atom. The molecule has 2 aromatic carbocycles. The second-order valence-electron chi connectivity index (χ2n) is 6.10. The molecule has 7 heteroatoms. The molecule has 0 aliphatic heterocycles. The normalized spacial score (nSPS) is 10.5. The summed E-state index contributed by atoms with van der Waals surface area (Å²) in [5, 5.41) is 9.00. The van der Waals surface area contributed by atoms with Crippen LogP contribution in [-0.4, -0.2) is 29.6 Å². The van der Waals surface area contributed by atoms with E-state index in [1.165, 1.54) is 6.08 Å². The topological polar surface area (TPSA) is 99.1 Å². The molecule has 2 aromatic rings. The summed E-state index contributed by atoms with van der Waals surface area (Å²) in [6, 6.07) is 12.8. The fourth-order valence-corrected chi connectivity index (χ4v) is 2.26. The van der Waals surface area contributed by atoms with Crippen molar-refractivity contribution in [3.8, 4) is 11.5 Å². The Bertz CT molecular complexity index is 925. The van der Waals surface area contributed by atoms with E-state index >= 15 is 0 Å². The fraction of sp³-hybridized carbons (Fsp3) is 0.174. The summed E-state index contributed by atoms with van der Waals surface area (Å²) in [6.45, 7) is 5.48. The van der Waals surface area contributed by atoms with Gasteiger partial charge < -0.3 is 19.3 Å². The van der Waals surface area contributed by atoms with Crippen molar-refractivity contribution in [1.29, 1.82) is 0 Å². The molecule has 0 saturated carbocycles. The highest BCUT2D eigenvalue weighted by molar-refractivity contribution is 5.95. The predicted octanol–water partition coefficient (Wildman–Crippen LogP) is 3.21. The summed E-state index contributed by atoms with van der Waals surface area (Å²) in [5.41, 5.74) is 1.35. The summed E-state index contributed by atoms with van der Waals surface area (Å²) in [4.78, 5) is 35.4. The summed E-state index contributed by atoms with van der Waals surface area (Å²) in [6.07, 6.45) is 2.54. The van der Waals surface area contributed by atoms with Gasteiger partial charge >= 0.3 is 17.9 Å². The minimum atomic E-state index is -0.752. The van der Waals surface area contributed by atoms with Crippen molar-refractivity contribution in [2.75, 3.05) is 6.61 Å². The summed E-state index contributed by atoms with van der Waals surface area (Å²) in [5.74, 6) is -1.29. The smallest absolute Gasteiger partial charge is 0.339 e. The molecule has 0 radical (unpaired) electrons. The minimum absolute atomic E-state index is 0.0572. The number of carbonyl (C=O) groups is 3. The molecule has 0 saturated heterocycles. The summed E-state index contributed by atoms with van der Waals surface area (Å²) in [7, 11) is 0. The third-order valence-corrected chi connectivity index (χ3v) is 3.77. The first-order valence-electron chi connectivity index (χ1n) is 9.16. The van der Waals surface area contributed by atoms with Gasteiger partial charge in [0.25, 0.3) is 0 Å². The third-order valence-electron chi connectivity index (χ3n) is 3.77. The Labute approximate surface area is 174 Å². The zero-order chi connectivity index (χ0) is 21.9. The Morgan fingerprint density at radius 3 is 2.17 bits per heavy atom. The molecule has 2 rings (SSSR count). The maximum atomic E-state index is 12.1. The molecule has 0 fully saturated rings. The van der Waals surface area contributed by atoms with Crippen molar-refractivity contribution in [1.82, 2.24) is 0 Å². The van der Waals surface area contributed by atoms with Crippen molar-refractivity contribution in [3.63, 3.8) is 0 Å². The number of hydrogen-bond acceptors (Lipinski definition) is 7. The number of esters is 3. The van der Waals surface area contributed by atoms with Crippen LogP contribution in [0.15, 0.2) is 66.8 Å². The number of aliphatic hydroxyl groups excluding tert-OH is 1. The van der Waals surface area contributed by atoms with E-state index in [4.69, 9.17) is 19.3 Å². The van der Waals surface area contributed by atoms with Crippen LogP contribution < -0.4 is 9.47 Å². The van der Waals surface area contributed by atoms with Crippen LogP contribution in [0, 0.1) is 0 Å². The zero-order valence-electron chi connectivity index (χ0n) is 16.5. The first-order valence-corrected chi connectivity index (χ1v) is 9.16. The van der Waals surface area contributed by atoms with Crippen LogP contribution in [0.5, 0.6) is 11.5 Å². The lowest BCUT2D eigenvalue weighted by atomic mass is 10.2. The lowest BCUT2D eigenvalue weighted by molar-refractivity contribution is -0.137. The van der Waals surface area contributed by atoms with E-state index in [0.29, 0.717) is 17.9 Å². The lowest BCUT2D eigenvalue weighted by Gasteiger charge is -2.08. The first kappa shape index (κ1) is 22.6. The highest BCUT2D eigenvalue weighted by atomic mass is 16.5. The van der Waals surface area contributed by atoms with Crippen LogP contribution in [0.2, 0.25) is 0 Å². The zero-order valence-corrected chi connectivity index (χ0v) is 16.5. The van der Waals surface area contributed by atoms with Gasteiger partial charge in [-0.25, -0.2) is 9.59 Å². The maximum absolute atomic E-state index is 12.1. The van der Waals surface area contributed by atoms with E-state index in [9.17, 15) is 14.4 Å². The number of benzene rings is 2. The van der Waals surface area contributed by atoms with Crippen LogP contribution >= 0.6 is 0 Å². The molecule has 156 valence electrons. The van der Waals surface area contributed by atoms with E-state index in [0.717, 1.165) is 5.56 Å². The Hall–Kier alpha value is -3.71. The van der Waals surface area contributed by atoms with Crippen LogP contribution in [0.4, 0.5) is 0 Å². The average molecular weight is 410 g/mol. The van der Waals surface area contributed by atoms with Gasteiger partial charge in [0.05, 0.1) is 19.6 Å². The van der Waals surface area contributed by atoms with Crippen molar-refractivity contribution in [3.05, 3.63) is 77.9 Å². The van der Waals surface area contributed by atoms with Crippen LogP contribution in [0.1, 0.15) is 24.5 Å². The number of ether oxygens (including phenoxy) is 3. The molecule has 1 N–H and O–H groups in total. The summed E-state index contributed by atoms with van der Waals surface area (Å²) >= 11 is 0. The van der Waals surface area contributed by atoms with E-state index in [1.807, 2.05) is 0 Å². The molecule has 30 heavy (non-hydrogen) atoms. The first-order chi connectivity index (χ1) is 14.4. The molecule has 0 atom stereocenters. The highest BCUT2D eigenvalue weighted by Crippen LogP contribution is 2.17. The van der Waals surface area contributed by atoms with E-state index in [1.54, 1.807) is 61.5 Å². The van der Waals surface area contributed by atoms with Crippen LogP contribution in [-0.2, 0) is 25.7 Å². The van der Waals surface area contributed by atoms with E-state index in [2.05, 4.69) is 6.58 Å². The van der Waals surface area contributed by atoms with Crippen LogP contribution in [0.3, 0.4) is 0 Å². The Kier molecular flexibility index (Phi) is 8.53. The monoisotopic (exact) mass is 410 g/mol. The van der Waals surface area contributed by atoms with Crippen molar-refractivity contribution < 1.29 is 33.7 Å². The molecule has 0 aliphatic rings. The standard InChI is InChI=1S/C23H22O7/c1-3-28-21(25)13-8-17-4-9-20(10-5-17)30-23(27)16(2)14-22(26)29-19-11-6-18(15-24)7-12-19/h4-13,24H,2-3,14-15H2,1H3/b13-8+. The quantitative estimate of drug-likeness (QED) is 0.385. The molecule has 0 aromatic heterocycles. The number of aliphatic hydroxyl groups is 1. The van der Waals surface area contributed by atoms with Gasteiger partial charge in [-0.15, -0.1) is 0 Å². The van der Waals surface area contributed by atoms with Gasteiger partial charge in [0.2, 0.25) is 0 Å². The molecule has 0 spiro atoms. The van der Waals surface area contributed by atoms with Gasteiger partial charge in [0.15, 0.2) is 0 Å². The molecule has 7 nitrogen and oxygen atoms in total. The average Bonchev–Trinajstić information content (AvgIpc) is 2.74. The largest absolute Gasteiger partial charge is 0.463 e. The number of carbonyl (C=O) groups excluding carboxylic acids is 3. The molecular weight excluding hydrogens is 388 g/mol. The molecular formula is C23H22O7. The SMILES string of the molecule is C=C(CC(=O)Oc1ccc(CO)cc1)C(=O)Oc1ccc(/C=C/C(=O)OCC)cc1. The van der Waals surface area contributed by atoms with Gasteiger partial charge in [0, 0.05) is 11.6 Å². The number of hydrogen-bond donors (Lipinski definition) is 1. The molecule has 0 bridgehead atoms. The highest BCUT2D eigenvalue weighted by Gasteiger charge is 2.16. The van der Waals surface area contributed by atoms with Gasteiger partial charge in [-0.05, 0) is 48.4 Å². The summed E-state index contributed by atoms with van der Waals surface area (Å²) < 4.78 is 15.1. The molecule has 0 aliphatic carbocycles. The second kappa shape index (κ2) is 11.3. The second-order valence-corrected chi connectivity index (χ2v) is 6.10. The number of rotatable bonds is 9. The van der Waals surface area contributed by atoms with Gasteiger partial charge in [0.1, 0.15) is 11.5 Å². The van der Waals surface area contributed by atoms with Gasteiger partial charge in [-0.2, -0.15) is 0 Å². The van der Waals surface area contributed by atoms with Gasteiger partial charge in [-0.1, -0.05) is 30.8 Å². The Balaban J connectivity index is 1.85. The minimum Gasteiger partial charge on any atom is -0.463 e. The van der Waals surface area contributed by atoms with E-state index < -0.39 is 17.9 Å². The Morgan fingerprint density at radius 1 is 0.967 bits per heavy atom. The molecule has 0 unspecified atom stereocenters. The van der Waals surface area contributed by atoms with Crippen molar-refractivity contribution >= 4 is 24.0 Å². The van der Waals surface area contributed by atoms with Crippen LogP contribution in [0.25, 0.3) is 6.08 Å². The lowest BCUT2D eigenvalue weighted by Crippen LogP contribution is -2.16. The molecule has 0 amide bonds. The maximum Gasteiger partial charge on any atom is 0.339 e. The van der Waals surface area contributed by atoms with Crippen molar-refractivity contribution in [2.45, 2.75) is 20.0 Å².